The van der Waals surface area contributed by atoms with Crippen molar-refractivity contribution in [3.05, 3.63) is 0 Å². The summed E-state index contributed by atoms with van der Waals surface area (Å²) in [5.41, 5.74) is 0. The molecule has 0 bridgehead atoms. The minimum absolute atomic E-state index is 0. The molecule has 2 radical (unpaired) electrons. The number of hydrogen-bond acceptors (Lipinski definition) is 9. The van der Waals surface area contributed by atoms with E-state index in [1.54, 1.807) is 0 Å². The van der Waals surface area contributed by atoms with Gasteiger partial charge in [-0.3, -0.25) is 12.6 Å². The minimum Gasteiger partial charge on any atom is -0.784 e. The Morgan fingerprint density at radius 1 is 0.500 bits per heavy atom. The fraction of sp³-hybridized carbons (Fsp3) is 0. The Kier molecular flexibility index (Phi) is 50.2. The van der Waals surface area contributed by atoms with Gasteiger partial charge in [0.25, 0.3) is 0 Å². The third-order valence-corrected chi connectivity index (χ3v) is 0. The zero-order chi connectivity index (χ0) is 10.7. The molecule has 0 aromatic rings. The molecule has 0 rings (SSSR count). The van der Waals surface area contributed by atoms with Gasteiger partial charge < -0.3 is 27.3 Å². The van der Waals surface area contributed by atoms with Gasteiger partial charge in [-0.15, -0.1) is 34.1 Å². The fourth-order valence-corrected chi connectivity index (χ4v) is 0. The summed E-state index contributed by atoms with van der Waals surface area (Å²) in [5.74, 6) is 0. The Labute approximate surface area is 108 Å². The van der Waals surface area contributed by atoms with E-state index in [0.29, 0.717) is 0 Å². The first-order chi connectivity index (χ1) is 5.20. The standard InChI is InChI=1S/2Cr.3H2O3S/c;;3*1-4(2)3/h;;3*(H2,1,2,3)/q2*+3;;;/p-6. The van der Waals surface area contributed by atoms with Crippen LogP contribution >= 0.6 is 0 Å². The normalized spacial score (nSPS) is 7.50. The third-order valence-electron chi connectivity index (χ3n) is 0. The number of hydrogen-bond donors (Lipinski definition) is 0. The van der Waals surface area contributed by atoms with Crippen LogP contribution in [0.15, 0.2) is 0 Å². The van der Waals surface area contributed by atoms with E-state index >= 15 is 0 Å². The molecule has 0 fully saturated rings. The molecule has 0 aliphatic heterocycles. The molecular weight excluding hydrogens is 344 g/mol. The molecule has 84 valence electrons. The maximum atomic E-state index is 8.44. The first-order valence-electron chi connectivity index (χ1n) is 1.50. The second kappa shape index (κ2) is 23.8. The maximum absolute atomic E-state index is 8.44. The molecule has 0 saturated heterocycles. The van der Waals surface area contributed by atoms with Crippen LogP contribution in [-0.4, -0.2) is 39.9 Å². The molecule has 14 heavy (non-hydrogen) atoms. The van der Waals surface area contributed by atoms with E-state index in [-0.39, 0.29) is 34.7 Å². The van der Waals surface area contributed by atoms with Gasteiger partial charge in [0.2, 0.25) is 0 Å². The van der Waals surface area contributed by atoms with Crippen LogP contribution in [0.1, 0.15) is 0 Å². The molecule has 0 saturated carbocycles. The SMILES string of the molecule is O=S([O-])[O-].O=S([O-])[O-].O=S([O-])[O-].[Cr+3].[Cr+3]. The van der Waals surface area contributed by atoms with Gasteiger partial charge in [-0.1, -0.05) is 0 Å². The summed E-state index contributed by atoms with van der Waals surface area (Å²) in [4.78, 5) is 0. The first-order valence-corrected chi connectivity index (χ1v) is 4.50. The van der Waals surface area contributed by atoms with Gasteiger partial charge in [0.1, 0.15) is 0 Å². The predicted octanol–water partition coefficient (Wildman–Crippen LogP) is -3.02. The van der Waals surface area contributed by atoms with Crippen molar-refractivity contribution in [2.24, 2.45) is 0 Å². The Hall–Kier alpha value is 1.27. The van der Waals surface area contributed by atoms with E-state index in [1.807, 2.05) is 0 Å². The summed E-state index contributed by atoms with van der Waals surface area (Å²) in [7, 11) is 0. The van der Waals surface area contributed by atoms with E-state index in [4.69, 9.17) is 39.9 Å². The molecule has 0 aromatic heterocycles. The van der Waals surface area contributed by atoms with Gasteiger partial charge >= 0.3 is 34.7 Å². The topological polar surface area (TPSA) is 190 Å². The molecule has 0 atom stereocenters. The van der Waals surface area contributed by atoms with E-state index < -0.39 is 34.1 Å². The van der Waals surface area contributed by atoms with Crippen molar-refractivity contribution < 1.29 is 74.7 Å². The molecule has 0 unspecified atom stereocenters. The molecule has 14 heteroatoms. The average Bonchev–Trinajstić information content (AvgIpc) is 1.54. The molecular formula is Cr2O9S3. The summed E-state index contributed by atoms with van der Waals surface area (Å²) >= 11 is -9.33. The maximum Gasteiger partial charge on any atom is 3.00 e. The van der Waals surface area contributed by atoms with Gasteiger partial charge in [-0.2, -0.15) is 0 Å². The van der Waals surface area contributed by atoms with Gasteiger partial charge in [-0.05, 0) is 0 Å². The Morgan fingerprint density at radius 2 is 0.500 bits per heavy atom. The van der Waals surface area contributed by atoms with Crippen molar-refractivity contribution in [3.63, 3.8) is 0 Å². The van der Waals surface area contributed by atoms with Crippen LogP contribution in [0.4, 0.5) is 0 Å². The minimum atomic E-state index is -3.11. The largest absolute Gasteiger partial charge is 3.00 e. The van der Waals surface area contributed by atoms with Crippen LogP contribution in [0.25, 0.3) is 0 Å². The van der Waals surface area contributed by atoms with Crippen LogP contribution in [0.5, 0.6) is 0 Å². The molecule has 0 aromatic carbocycles. The molecule has 0 heterocycles. The average molecular weight is 344 g/mol. The van der Waals surface area contributed by atoms with Gasteiger partial charge in [0.05, 0.1) is 0 Å². The van der Waals surface area contributed by atoms with Crippen molar-refractivity contribution in [2.45, 2.75) is 0 Å². The van der Waals surface area contributed by atoms with Gasteiger partial charge in [0, 0.05) is 0 Å². The van der Waals surface area contributed by atoms with Gasteiger partial charge in [0.15, 0.2) is 0 Å². The summed E-state index contributed by atoms with van der Waals surface area (Å²) in [6.07, 6.45) is 0. The smallest absolute Gasteiger partial charge is 0.784 e. The van der Waals surface area contributed by atoms with Crippen molar-refractivity contribution in [3.8, 4) is 0 Å². The van der Waals surface area contributed by atoms with Gasteiger partial charge in [-0.25, -0.2) is 0 Å². The van der Waals surface area contributed by atoms with Crippen molar-refractivity contribution in [1.29, 1.82) is 0 Å². The summed E-state index contributed by atoms with van der Waals surface area (Å²) < 4.78 is 76.0. The zero-order valence-corrected chi connectivity index (χ0v) is 10.7. The Morgan fingerprint density at radius 3 is 0.500 bits per heavy atom. The van der Waals surface area contributed by atoms with Crippen LogP contribution in [-0.2, 0) is 68.8 Å². The second-order valence-electron chi connectivity index (χ2n) is 0.612. The Bertz CT molecular complexity index is 116. The van der Waals surface area contributed by atoms with Crippen molar-refractivity contribution >= 4 is 34.1 Å². The number of rotatable bonds is 0. The van der Waals surface area contributed by atoms with Crippen LogP contribution in [0, 0.1) is 0 Å². The molecule has 0 aliphatic rings. The van der Waals surface area contributed by atoms with Crippen LogP contribution < -0.4 is 0 Å². The summed E-state index contributed by atoms with van der Waals surface area (Å²) in [5, 5.41) is 0. The monoisotopic (exact) mass is 344 g/mol. The first kappa shape index (κ1) is 29.5. The van der Waals surface area contributed by atoms with E-state index in [2.05, 4.69) is 0 Å². The zero-order valence-electron chi connectivity index (χ0n) is 5.72. The predicted molar refractivity (Wildman–Crippen MR) is 29.1 cm³/mol. The third kappa shape index (κ3) is 1230. The van der Waals surface area contributed by atoms with Crippen LogP contribution in [0.3, 0.4) is 0 Å². The fourth-order valence-electron chi connectivity index (χ4n) is 0. The quantitative estimate of drug-likeness (QED) is 0.411. The Balaban J connectivity index is -0.0000000270. The molecule has 9 nitrogen and oxygen atoms in total. The van der Waals surface area contributed by atoms with Crippen molar-refractivity contribution in [2.75, 3.05) is 0 Å². The van der Waals surface area contributed by atoms with E-state index in [0.717, 1.165) is 0 Å². The van der Waals surface area contributed by atoms with E-state index in [9.17, 15) is 0 Å². The molecule has 0 aliphatic carbocycles. The van der Waals surface area contributed by atoms with Crippen LogP contribution in [0.2, 0.25) is 0 Å². The van der Waals surface area contributed by atoms with E-state index in [1.165, 1.54) is 0 Å². The summed E-state index contributed by atoms with van der Waals surface area (Å²) in [6.45, 7) is 0. The summed E-state index contributed by atoms with van der Waals surface area (Å²) in [6, 6.07) is 0. The molecule has 0 spiro atoms. The van der Waals surface area contributed by atoms with Crippen molar-refractivity contribution in [1.82, 2.24) is 0 Å². The molecule has 0 N–H and O–H groups in total. The molecule has 0 amide bonds. The second-order valence-corrected chi connectivity index (χ2v) is 1.84.